The maximum atomic E-state index is 2.41. The van der Waals surface area contributed by atoms with Crippen LogP contribution in [-0.2, 0) is 0 Å². The largest absolute Gasteiger partial charge is 0.313 e. The van der Waals surface area contributed by atoms with Gasteiger partial charge in [0.15, 0.2) is 0 Å². The van der Waals surface area contributed by atoms with Crippen LogP contribution < -0.4 is 0 Å². The van der Waals surface area contributed by atoms with E-state index in [0.717, 1.165) is 6.42 Å². The van der Waals surface area contributed by atoms with Crippen LogP contribution in [0.2, 0.25) is 0 Å². The second-order valence-corrected chi connectivity index (χ2v) is 6.46. The Morgan fingerprint density at radius 3 is 2.57 bits per heavy atom. The van der Waals surface area contributed by atoms with E-state index in [0.29, 0.717) is 5.92 Å². The Labute approximate surface area is 137 Å². The van der Waals surface area contributed by atoms with E-state index in [4.69, 9.17) is 0 Å². The van der Waals surface area contributed by atoms with Gasteiger partial charge in [0.1, 0.15) is 0 Å². The lowest BCUT2D eigenvalue weighted by Crippen LogP contribution is -1.96. The van der Waals surface area contributed by atoms with Gasteiger partial charge in [-0.05, 0) is 35.8 Å². The Bertz CT molecular complexity index is 964. The highest BCUT2D eigenvalue weighted by Crippen LogP contribution is 2.34. The second kappa shape index (κ2) is 5.58. The van der Waals surface area contributed by atoms with Crippen molar-refractivity contribution in [2.24, 2.45) is 0 Å². The van der Waals surface area contributed by atoms with Gasteiger partial charge >= 0.3 is 0 Å². The van der Waals surface area contributed by atoms with E-state index in [9.17, 15) is 0 Å². The molecule has 0 fully saturated rings. The molecule has 0 amide bonds. The summed E-state index contributed by atoms with van der Waals surface area (Å²) in [6.45, 7) is 4.51. The predicted octanol–water partition coefficient (Wildman–Crippen LogP) is 6.27. The fourth-order valence-corrected chi connectivity index (χ4v) is 3.39. The van der Waals surface area contributed by atoms with Crippen molar-refractivity contribution >= 4 is 27.5 Å². The SMILES string of the molecule is CC(C)c1ccc2c(c1)c1ccccc1n2C1=CC=CC=CC1. The van der Waals surface area contributed by atoms with E-state index in [-0.39, 0.29) is 0 Å². The number of hydrogen-bond donors (Lipinski definition) is 0. The molecule has 0 radical (unpaired) electrons. The molecule has 3 aromatic rings. The summed E-state index contributed by atoms with van der Waals surface area (Å²) in [5, 5.41) is 2.69. The first-order valence-electron chi connectivity index (χ1n) is 8.31. The van der Waals surface area contributed by atoms with Crippen LogP contribution in [0.15, 0.2) is 72.8 Å². The van der Waals surface area contributed by atoms with Gasteiger partial charge in [0.25, 0.3) is 0 Å². The van der Waals surface area contributed by atoms with Crippen LogP contribution in [-0.4, -0.2) is 4.57 Å². The molecule has 1 aromatic heterocycles. The van der Waals surface area contributed by atoms with E-state index in [1.54, 1.807) is 0 Å². The lowest BCUT2D eigenvalue weighted by atomic mass is 10.0. The average molecular weight is 299 g/mol. The number of hydrogen-bond acceptors (Lipinski definition) is 0. The zero-order chi connectivity index (χ0) is 15.8. The number of allylic oxidation sites excluding steroid dienone is 6. The van der Waals surface area contributed by atoms with Crippen molar-refractivity contribution in [3.63, 3.8) is 0 Å². The standard InChI is InChI=1S/C22H21N/c1-16(2)17-13-14-22-20(15-17)19-11-7-8-12-21(19)23(22)18-9-5-3-4-6-10-18/h3-9,11-16H,10H2,1-2H3. The molecule has 4 rings (SSSR count). The summed E-state index contributed by atoms with van der Waals surface area (Å²) < 4.78 is 2.41. The summed E-state index contributed by atoms with van der Waals surface area (Å²) in [5.74, 6) is 0.546. The van der Waals surface area contributed by atoms with Crippen molar-refractivity contribution < 1.29 is 0 Å². The molecule has 0 unspecified atom stereocenters. The Hall–Kier alpha value is -2.54. The molecule has 0 saturated carbocycles. The second-order valence-electron chi connectivity index (χ2n) is 6.46. The lowest BCUT2D eigenvalue weighted by Gasteiger charge is -2.11. The molecule has 0 bridgehead atoms. The number of rotatable bonds is 2. The maximum absolute atomic E-state index is 2.41. The third kappa shape index (κ3) is 2.33. The van der Waals surface area contributed by atoms with Crippen molar-refractivity contribution in [2.75, 3.05) is 0 Å². The first-order chi connectivity index (χ1) is 11.3. The third-order valence-electron chi connectivity index (χ3n) is 4.62. The van der Waals surface area contributed by atoms with E-state index >= 15 is 0 Å². The topological polar surface area (TPSA) is 4.93 Å². The first-order valence-corrected chi connectivity index (χ1v) is 8.31. The van der Waals surface area contributed by atoms with Crippen molar-refractivity contribution in [3.05, 3.63) is 78.4 Å². The lowest BCUT2D eigenvalue weighted by molar-refractivity contribution is 0.868. The van der Waals surface area contributed by atoms with Gasteiger partial charge in [-0.1, -0.05) is 62.4 Å². The van der Waals surface area contributed by atoms with Gasteiger partial charge in [-0.3, -0.25) is 0 Å². The van der Waals surface area contributed by atoms with E-state index in [1.165, 1.54) is 33.1 Å². The minimum Gasteiger partial charge on any atom is -0.313 e. The maximum Gasteiger partial charge on any atom is 0.0538 e. The fraction of sp³-hybridized carbons (Fsp3) is 0.182. The normalized spacial score (nSPS) is 14.7. The van der Waals surface area contributed by atoms with Crippen LogP contribution in [0.4, 0.5) is 0 Å². The van der Waals surface area contributed by atoms with Crippen molar-refractivity contribution in [1.29, 1.82) is 0 Å². The highest BCUT2D eigenvalue weighted by Gasteiger charge is 2.14. The monoisotopic (exact) mass is 299 g/mol. The summed E-state index contributed by atoms with van der Waals surface area (Å²) >= 11 is 0. The minimum absolute atomic E-state index is 0.546. The molecule has 0 N–H and O–H groups in total. The fourth-order valence-electron chi connectivity index (χ4n) is 3.39. The molecular weight excluding hydrogens is 278 g/mol. The summed E-state index contributed by atoms with van der Waals surface area (Å²) in [7, 11) is 0. The smallest absolute Gasteiger partial charge is 0.0538 e. The molecule has 0 saturated heterocycles. The minimum atomic E-state index is 0.546. The summed E-state index contributed by atoms with van der Waals surface area (Å²) in [5.41, 5.74) is 5.30. The van der Waals surface area contributed by atoms with Crippen LogP contribution in [0.3, 0.4) is 0 Å². The average Bonchev–Trinajstić information content (AvgIpc) is 2.72. The molecule has 23 heavy (non-hydrogen) atoms. The van der Waals surface area contributed by atoms with Crippen molar-refractivity contribution in [1.82, 2.24) is 4.57 Å². The van der Waals surface area contributed by atoms with Crippen LogP contribution in [0.25, 0.3) is 27.5 Å². The molecule has 1 aliphatic rings. The third-order valence-corrected chi connectivity index (χ3v) is 4.62. The van der Waals surface area contributed by atoms with Gasteiger partial charge < -0.3 is 4.57 Å². The number of benzene rings is 2. The van der Waals surface area contributed by atoms with Crippen molar-refractivity contribution in [2.45, 2.75) is 26.2 Å². The van der Waals surface area contributed by atoms with E-state index in [2.05, 4.69) is 91.3 Å². The zero-order valence-corrected chi connectivity index (χ0v) is 13.7. The van der Waals surface area contributed by atoms with Crippen LogP contribution >= 0.6 is 0 Å². The van der Waals surface area contributed by atoms with Gasteiger partial charge in [-0.2, -0.15) is 0 Å². The van der Waals surface area contributed by atoms with Gasteiger partial charge in [-0.25, -0.2) is 0 Å². The van der Waals surface area contributed by atoms with Gasteiger partial charge in [0.2, 0.25) is 0 Å². The Balaban J connectivity index is 2.07. The van der Waals surface area contributed by atoms with Crippen LogP contribution in [0.5, 0.6) is 0 Å². The highest BCUT2D eigenvalue weighted by atomic mass is 15.0. The van der Waals surface area contributed by atoms with Gasteiger partial charge in [-0.15, -0.1) is 0 Å². The number of nitrogens with zero attached hydrogens (tertiary/aromatic N) is 1. The summed E-state index contributed by atoms with van der Waals surface area (Å²) in [4.78, 5) is 0. The molecule has 1 nitrogen and oxygen atoms in total. The zero-order valence-electron chi connectivity index (χ0n) is 13.7. The highest BCUT2D eigenvalue weighted by molar-refractivity contribution is 6.10. The molecule has 1 heterocycles. The van der Waals surface area contributed by atoms with E-state index < -0.39 is 0 Å². The van der Waals surface area contributed by atoms with Gasteiger partial charge in [0.05, 0.1) is 11.0 Å². The summed E-state index contributed by atoms with van der Waals surface area (Å²) in [6, 6.07) is 15.6. The molecule has 114 valence electrons. The first kappa shape index (κ1) is 14.1. The van der Waals surface area contributed by atoms with Crippen molar-refractivity contribution in [3.8, 4) is 0 Å². The number of fused-ring (bicyclic) bond motifs is 3. The molecule has 2 aromatic carbocycles. The Morgan fingerprint density at radius 1 is 0.870 bits per heavy atom. The molecule has 1 heteroatoms. The van der Waals surface area contributed by atoms with E-state index in [1.807, 2.05) is 0 Å². The Kier molecular flexibility index (Phi) is 3.42. The number of aromatic nitrogens is 1. The molecule has 0 aliphatic heterocycles. The molecule has 0 atom stereocenters. The number of para-hydroxylation sites is 1. The van der Waals surface area contributed by atoms with Gasteiger partial charge in [0, 0.05) is 22.9 Å². The Morgan fingerprint density at radius 2 is 1.70 bits per heavy atom. The van der Waals surface area contributed by atoms with Crippen LogP contribution in [0, 0.1) is 0 Å². The summed E-state index contributed by atoms with van der Waals surface area (Å²) in [6.07, 6.45) is 11.7. The van der Waals surface area contributed by atoms with Crippen LogP contribution in [0.1, 0.15) is 31.7 Å². The molecule has 0 spiro atoms. The predicted molar refractivity (Wildman–Crippen MR) is 101 cm³/mol. The molecular formula is C22H21N. The molecule has 1 aliphatic carbocycles. The quantitative estimate of drug-likeness (QED) is 0.525.